The fourth-order valence-electron chi connectivity index (χ4n) is 2.54. The molecule has 0 bridgehead atoms. The van der Waals surface area contributed by atoms with E-state index >= 15 is 0 Å². The largest absolute Gasteiger partial charge is 0.367 e. The van der Waals surface area contributed by atoms with E-state index in [9.17, 15) is 0 Å². The molecule has 2 fully saturated rings. The zero-order chi connectivity index (χ0) is 11.8. The summed E-state index contributed by atoms with van der Waals surface area (Å²) < 4.78 is 1.25. The number of benzene rings is 1. The number of nitrogens with zero attached hydrogens (tertiary/aromatic N) is 1. The molecule has 1 saturated carbocycles. The highest BCUT2D eigenvalue weighted by Gasteiger charge is 2.34. The second-order valence-corrected chi connectivity index (χ2v) is 6.59. The van der Waals surface area contributed by atoms with Crippen molar-refractivity contribution in [1.29, 1.82) is 0 Å². The van der Waals surface area contributed by atoms with E-state index in [1.807, 2.05) is 6.07 Å². The zero-order valence-corrected chi connectivity index (χ0v) is 12.5. The smallest absolute Gasteiger partial charge is 0.0640 e. The predicted octanol–water partition coefficient (Wildman–Crippen LogP) is 3.13. The summed E-state index contributed by atoms with van der Waals surface area (Å²) in [7, 11) is 0. The van der Waals surface area contributed by atoms with E-state index in [-0.39, 0.29) is 0 Å². The molecule has 0 spiro atoms. The van der Waals surface area contributed by atoms with Crippen molar-refractivity contribution in [2.45, 2.75) is 18.9 Å². The van der Waals surface area contributed by atoms with Gasteiger partial charge in [-0.2, -0.15) is 0 Å². The number of rotatable bonds is 2. The summed E-state index contributed by atoms with van der Waals surface area (Å²) in [6, 6.07) is 6.93. The fraction of sp³-hybridized carbons (Fsp3) is 0.538. The van der Waals surface area contributed by atoms with Gasteiger partial charge >= 0.3 is 0 Å². The van der Waals surface area contributed by atoms with Crippen LogP contribution in [0.1, 0.15) is 12.8 Å². The van der Waals surface area contributed by atoms with Gasteiger partial charge in [0.1, 0.15) is 0 Å². The highest BCUT2D eigenvalue weighted by molar-refractivity contribution is 14.1. The molecule has 1 unspecified atom stereocenters. The molecule has 1 aliphatic heterocycles. The molecule has 1 heterocycles. The lowest BCUT2D eigenvalue weighted by Crippen LogP contribution is -2.51. The normalized spacial score (nSPS) is 25.1. The molecular formula is C13H16ClIN2. The molecule has 1 atom stereocenters. The second kappa shape index (κ2) is 4.94. The lowest BCUT2D eigenvalue weighted by Gasteiger charge is -2.36. The van der Waals surface area contributed by atoms with Crippen LogP contribution in [0.15, 0.2) is 18.2 Å². The summed E-state index contributed by atoms with van der Waals surface area (Å²) in [5.74, 6) is 0.902. The van der Waals surface area contributed by atoms with Gasteiger partial charge in [-0.15, -0.1) is 0 Å². The summed E-state index contributed by atoms with van der Waals surface area (Å²) >= 11 is 8.66. The van der Waals surface area contributed by atoms with E-state index in [2.05, 4.69) is 44.9 Å². The Labute approximate surface area is 121 Å². The van der Waals surface area contributed by atoms with Crippen LogP contribution in [0.5, 0.6) is 0 Å². The Bertz CT molecular complexity index is 420. The van der Waals surface area contributed by atoms with E-state index in [0.717, 1.165) is 30.6 Å². The minimum atomic E-state index is 0.665. The first-order valence-electron chi connectivity index (χ1n) is 6.17. The van der Waals surface area contributed by atoms with Crippen LogP contribution in [-0.2, 0) is 0 Å². The Morgan fingerprint density at radius 3 is 2.94 bits per heavy atom. The zero-order valence-electron chi connectivity index (χ0n) is 9.63. The lowest BCUT2D eigenvalue weighted by molar-refractivity contribution is 0.419. The van der Waals surface area contributed by atoms with Crippen LogP contribution in [0.4, 0.5) is 5.69 Å². The molecule has 17 heavy (non-hydrogen) atoms. The maximum atomic E-state index is 6.31. The van der Waals surface area contributed by atoms with Crippen LogP contribution in [-0.4, -0.2) is 25.7 Å². The Kier molecular flexibility index (Phi) is 3.50. The van der Waals surface area contributed by atoms with Crippen molar-refractivity contribution < 1.29 is 0 Å². The van der Waals surface area contributed by atoms with Crippen LogP contribution in [0.25, 0.3) is 0 Å². The maximum Gasteiger partial charge on any atom is 0.0640 e. The van der Waals surface area contributed by atoms with Crippen LogP contribution < -0.4 is 10.2 Å². The fourth-order valence-corrected chi connectivity index (χ4v) is 3.25. The highest BCUT2D eigenvalue weighted by Crippen LogP contribution is 2.35. The number of hydrogen-bond donors (Lipinski definition) is 1. The molecule has 3 rings (SSSR count). The summed E-state index contributed by atoms with van der Waals surface area (Å²) in [4.78, 5) is 2.43. The summed E-state index contributed by atoms with van der Waals surface area (Å²) in [6.07, 6.45) is 2.79. The van der Waals surface area contributed by atoms with Gasteiger partial charge in [-0.3, -0.25) is 0 Å². The first-order valence-corrected chi connectivity index (χ1v) is 7.63. The molecule has 1 aromatic carbocycles. The molecule has 2 aliphatic rings. The number of hydrogen-bond acceptors (Lipinski definition) is 2. The molecule has 0 aromatic heterocycles. The molecule has 1 N–H and O–H groups in total. The van der Waals surface area contributed by atoms with Crippen molar-refractivity contribution in [3.8, 4) is 0 Å². The van der Waals surface area contributed by atoms with E-state index < -0.39 is 0 Å². The molecule has 1 saturated heterocycles. The quantitative estimate of drug-likeness (QED) is 0.813. The van der Waals surface area contributed by atoms with Gasteiger partial charge in [0, 0.05) is 29.2 Å². The minimum absolute atomic E-state index is 0.665. The summed E-state index contributed by atoms with van der Waals surface area (Å²) in [5.41, 5.74) is 1.20. The number of nitrogens with one attached hydrogen (secondary N) is 1. The van der Waals surface area contributed by atoms with Crippen LogP contribution in [0.2, 0.25) is 5.02 Å². The minimum Gasteiger partial charge on any atom is -0.367 e. The molecule has 0 amide bonds. The van der Waals surface area contributed by atoms with Crippen LogP contribution in [0, 0.1) is 9.49 Å². The Morgan fingerprint density at radius 2 is 2.18 bits per heavy atom. The van der Waals surface area contributed by atoms with Crippen molar-refractivity contribution in [1.82, 2.24) is 5.32 Å². The van der Waals surface area contributed by atoms with Gasteiger partial charge in [0.25, 0.3) is 0 Å². The van der Waals surface area contributed by atoms with E-state index in [1.54, 1.807) is 0 Å². The number of halogens is 2. The SMILES string of the molecule is Clc1ccc(I)cc1N1CCNC(C2CC2)C1. The molecule has 92 valence electrons. The third kappa shape index (κ3) is 2.71. The average molecular weight is 363 g/mol. The standard InChI is InChI=1S/C13H16ClIN2/c14-11-4-3-10(15)7-13(11)17-6-5-16-12(8-17)9-1-2-9/h3-4,7,9,12,16H,1-2,5-6,8H2. The van der Waals surface area contributed by atoms with Crippen LogP contribution >= 0.6 is 34.2 Å². The maximum absolute atomic E-state index is 6.31. The monoisotopic (exact) mass is 362 g/mol. The molecule has 2 nitrogen and oxygen atoms in total. The molecule has 4 heteroatoms. The first kappa shape index (κ1) is 12.1. The number of anilines is 1. The summed E-state index contributed by atoms with van der Waals surface area (Å²) in [6.45, 7) is 3.23. The molecule has 0 radical (unpaired) electrons. The van der Waals surface area contributed by atoms with Gasteiger partial charge in [0.15, 0.2) is 0 Å². The van der Waals surface area contributed by atoms with Gasteiger partial charge < -0.3 is 10.2 Å². The topological polar surface area (TPSA) is 15.3 Å². The predicted molar refractivity (Wildman–Crippen MR) is 80.9 cm³/mol. The Hall–Kier alpha value is -0.0000000000000000763. The number of piperazine rings is 1. The Morgan fingerprint density at radius 1 is 1.35 bits per heavy atom. The van der Waals surface area contributed by atoms with E-state index in [4.69, 9.17) is 11.6 Å². The van der Waals surface area contributed by atoms with Crippen molar-refractivity contribution >= 4 is 39.9 Å². The third-order valence-electron chi connectivity index (χ3n) is 3.65. The van der Waals surface area contributed by atoms with E-state index in [1.165, 1.54) is 22.1 Å². The van der Waals surface area contributed by atoms with Crippen molar-refractivity contribution in [2.75, 3.05) is 24.5 Å². The highest BCUT2D eigenvalue weighted by atomic mass is 127. The second-order valence-electron chi connectivity index (χ2n) is 4.94. The van der Waals surface area contributed by atoms with Gasteiger partial charge in [0.2, 0.25) is 0 Å². The Balaban J connectivity index is 1.79. The van der Waals surface area contributed by atoms with Crippen molar-refractivity contribution in [3.63, 3.8) is 0 Å². The lowest BCUT2D eigenvalue weighted by atomic mass is 10.1. The average Bonchev–Trinajstić information content (AvgIpc) is 3.17. The van der Waals surface area contributed by atoms with Crippen molar-refractivity contribution in [2.24, 2.45) is 5.92 Å². The van der Waals surface area contributed by atoms with Gasteiger partial charge in [-0.1, -0.05) is 11.6 Å². The van der Waals surface area contributed by atoms with E-state index in [0.29, 0.717) is 6.04 Å². The first-order chi connectivity index (χ1) is 8.24. The van der Waals surface area contributed by atoms with Gasteiger partial charge in [-0.25, -0.2) is 0 Å². The third-order valence-corrected chi connectivity index (χ3v) is 4.64. The van der Waals surface area contributed by atoms with Gasteiger partial charge in [0.05, 0.1) is 10.7 Å². The summed E-state index contributed by atoms with van der Waals surface area (Å²) in [5, 5.41) is 4.50. The van der Waals surface area contributed by atoms with Crippen LogP contribution in [0.3, 0.4) is 0 Å². The molecule has 1 aliphatic carbocycles. The van der Waals surface area contributed by atoms with Gasteiger partial charge in [-0.05, 0) is 59.5 Å². The van der Waals surface area contributed by atoms with Crippen molar-refractivity contribution in [3.05, 3.63) is 26.8 Å². The molecular weight excluding hydrogens is 347 g/mol. The molecule has 1 aromatic rings.